The molecule has 0 unspecified atom stereocenters. The van der Waals surface area contributed by atoms with Gasteiger partial charge in [-0.15, -0.1) is 11.3 Å². The number of thiazole rings is 1. The SMILES string of the molecule is CCNCc1sc(C2(OCC)CCCC2)nc1C(F)(F)F. The van der Waals surface area contributed by atoms with E-state index in [9.17, 15) is 13.2 Å². The summed E-state index contributed by atoms with van der Waals surface area (Å²) in [4.78, 5) is 4.19. The van der Waals surface area contributed by atoms with Gasteiger partial charge in [0.25, 0.3) is 0 Å². The Kier molecular flexibility index (Phi) is 5.27. The fourth-order valence-corrected chi connectivity index (χ4v) is 4.02. The molecule has 0 radical (unpaired) electrons. The van der Waals surface area contributed by atoms with E-state index in [-0.39, 0.29) is 11.4 Å². The van der Waals surface area contributed by atoms with Crippen molar-refractivity contribution in [3.05, 3.63) is 15.6 Å². The third-order valence-electron chi connectivity index (χ3n) is 3.72. The van der Waals surface area contributed by atoms with Crippen molar-refractivity contribution in [3.8, 4) is 0 Å². The van der Waals surface area contributed by atoms with Gasteiger partial charge < -0.3 is 10.1 Å². The van der Waals surface area contributed by atoms with Gasteiger partial charge in [0, 0.05) is 13.2 Å². The lowest BCUT2D eigenvalue weighted by atomic mass is 10.0. The molecule has 1 heterocycles. The van der Waals surface area contributed by atoms with Gasteiger partial charge >= 0.3 is 6.18 Å². The number of nitrogens with zero attached hydrogens (tertiary/aromatic N) is 1. The summed E-state index contributed by atoms with van der Waals surface area (Å²) in [5.74, 6) is 0. The van der Waals surface area contributed by atoms with Crippen LogP contribution in [0.2, 0.25) is 0 Å². The third kappa shape index (κ3) is 3.57. The van der Waals surface area contributed by atoms with Crippen LogP contribution in [0.25, 0.3) is 0 Å². The van der Waals surface area contributed by atoms with Crippen molar-refractivity contribution in [1.29, 1.82) is 0 Å². The van der Waals surface area contributed by atoms with Crippen LogP contribution in [0.3, 0.4) is 0 Å². The highest BCUT2D eigenvalue weighted by molar-refractivity contribution is 7.11. The molecule has 1 saturated carbocycles. The number of hydrogen-bond acceptors (Lipinski definition) is 4. The van der Waals surface area contributed by atoms with Crippen molar-refractivity contribution >= 4 is 11.3 Å². The molecule has 0 saturated heterocycles. The van der Waals surface area contributed by atoms with Crippen molar-refractivity contribution in [1.82, 2.24) is 10.3 Å². The van der Waals surface area contributed by atoms with Gasteiger partial charge in [-0.2, -0.15) is 13.2 Å². The zero-order valence-electron chi connectivity index (χ0n) is 12.3. The number of nitrogens with one attached hydrogen (secondary N) is 1. The Morgan fingerprint density at radius 1 is 1.29 bits per heavy atom. The highest BCUT2D eigenvalue weighted by Gasteiger charge is 2.44. The average Bonchev–Trinajstić information content (AvgIpc) is 3.03. The Labute approximate surface area is 126 Å². The molecule has 1 aromatic heterocycles. The van der Waals surface area contributed by atoms with Gasteiger partial charge in [-0.3, -0.25) is 0 Å². The first-order chi connectivity index (χ1) is 9.93. The summed E-state index contributed by atoms with van der Waals surface area (Å²) >= 11 is 1.14. The lowest BCUT2D eigenvalue weighted by molar-refractivity contribution is -0.141. The Bertz CT molecular complexity index is 467. The van der Waals surface area contributed by atoms with Crippen molar-refractivity contribution in [2.24, 2.45) is 0 Å². The number of ether oxygens (including phenoxy) is 1. The van der Waals surface area contributed by atoms with Crippen LogP contribution in [0.5, 0.6) is 0 Å². The molecule has 1 aromatic rings. The monoisotopic (exact) mass is 322 g/mol. The van der Waals surface area contributed by atoms with Crippen LogP contribution in [0.4, 0.5) is 13.2 Å². The number of halogens is 3. The predicted octanol–water partition coefficient (Wildman–Crippen LogP) is 4.08. The molecule has 7 heteroatoms. The van der Waals surface area contributed by atoms with E-state index in [4.69, 9.17) is 4.74 Å². The van der Waals surface area contributed by atoms with E-state index in [2.05, 4.69) is 10.3 Å². The summed E-state index contributed by atoms with van der Waals surface area (Å²) in [6.07, 6.45) is -0.947. The smallest absolute Gasteiger partial charge is 0.368 e. The first-order valence-electron chi connectivity index (χ1n) is 7.35. The lowest BCUT2D eigenvalue weighted by Crippen LogP contribution is -2.26. The molecule has 1 fully saturated rings. The zero-order chi connectivity index (χ0) is 15.5. The first-order valence-corrected chi connectivity index (χ1v) is 8.16. The van der Waals surface area contributed by atoms with Gasteiger partial charge in [0.1, 0.15) is 10.6 Å². The zero-order valence-corrected chi connectivity index (χ0v) is 13.2. The summed E-state index contributed by atoms with van der Waals surface area (Å²) in [6.45, 7) is 5.06. The summed E-state index contributed by atoms with van der Waals surface area (Å²) in [5.41, 5.74) is -1.36. The molecule has 0 bridgehead atoms. The minimum atomic E-state index is -4.41. The van der Waals surface area contributed by atoms with E-state index in [0.29, 0.717) is 18.2 Å². The first kappa shape index (κ1) is 16.7. The van der Waals surface area contributed by atoms with Crippen LogP contribution in [0.15, 0.2) is 0 Å². The number of aromatic nitrogens is 1. The number of alkyl halides is 3. The Hall–Kier alpha value is -0.660. The summed E-state index contributed by atoms with van der Waals surface area (Å²) in [7, 11) is 0. The van der Waals surface area contributed by atoms with E-state index in [1.807, 2.05) is 13.8 Å². The second-order valence-corrected chi connectivity index (χ2v) is 6.29. The van der Waals surface area contributed by atoms with Crippen molar-refractivity contribution in [2.45, 2.75) is 57.9 Å². The second kappa shape index (κ2) is 6.62. The maximum atomic E-state index is 13.2. The molecular formula is C14H21F3N2OS. The summed E-state index contributed by atoms with van der Waals surface area (Å²) < 4.78 is 45.3. The standard InChI is InChI=1S/C14H21F3N2OS/c1-3-18-9-10-11(14(15,16)17)19-12(21-10)13(20-4-2)7-5-6-8-13/h18H,3-9H2,1-2H3. The van der Waals surface area contributed by atoms with Crippen LogP contribution in [0.1, 0.15) is 55.1 Å². The highest BCUT2D eigenvalue weighted by Crippen LogP contribution is 2.46. The molecule has 0 atom stereocenters. The highest BCUT2D eigenvalue weighted by atomic mass is 32.1. The maximum Gasteiger partial charge on any atom is 0.434 e. The van der Waals surface area contributed by atoms with E-state index < -0.39 is 17.5 Å². The molecule has 1 aliphatic carbocycles. The minimum absolute atomic E-state index is 0.200. The van der Waals surface area contributed by atoms with E-state index in [0.717, 1.165) is 37.0 Å². The Morgan fingerprint density at radius 2 is 1.95 bits per heavy atom. The normalized spacial score (nSPS) is 18.3. The molecule has 21 heavy (non-hydrogen) atoms. The Morgan fingerprint density at radius 3 is 2.48 bits per heavy atom. The van der Waals surface area contributed by atoms with E-state index >= 15 is 0 Å². The van der Waals surface area contributed by atoms with Gasteiger partial charge in [0.15, 0.2) is 5.69 Å². The molecule has 0 aromatic carbocycles. The van der Waals surface area contributed by atoms with Crippen molar-refractivity contribution in [2.75, 3.05) is 13.2 Å². The molecule has 0 amide bonds. The maximum absolute atomic E-state index is 13.2. The lowest BCUT2D eigenvalue weighted by Gasteiger charge is -2.26. The quantitative estimate of drug-likeness (QED) is 0.857. The number of rotatable bonds is 6. The average molecular weight is 322 g/mol. The van der Waals surface area contributed by atoms with Gasteiger partial charge in [-0.25, -0.2) is 4.98 Å². The van der Waals surface area contributed by atoms with Crippen LogP contribution in [-0.2, 0) is 23.1 Å². The number of hydrogen-bond donors (Lipinski definition) is 1. The third-order valence-corrected chi connectivity index (χ3v) is 4.96. The minimum Gasteiger partial charge on any atom is -0.368 e. The molecule has 0 aliphatic heterocycles. The molecule has 0 spiro atoms. The summed E-state index contributed by atoms with van der Waals surface area (Å²) in [5, 5.41) is 3.44. The van der Waals surface area contributed by atoms with E-state index in [1.165, 1.54) is 0 Å². The van der Waals surface area contributed by atoms with Gasteiger partial charge in [-0.1, -0.05) is 19.8 Å². The van der Waals surface area contributed by atoms with Crippen LogP contribution < -0.4 is 5.32 Å². The molecule has 2 rings (SSSR count). The molecule has 1 aliphatic rings. The fourth-order valence-electron chi connectivity index (χ4n) is 2.77. The fraction of sp³-hybridized carbons (Fsp3) is 0.786. The van der Waals surface area contributed by atoms with Gasteiger partial charge in [0.2, 0.25) is 0 Å². The molecule has 120 valence electrons. The Balaban J connectivity index is 2.37. The second-order valence-electron chi connectivity index (χ2n) is 5.20. The molecular weight excluding hydrogens is 301 g/mol. The van der Waals surface area contributed by atoms with Gasteiger partial charge in [0.05, 0.1) is 4.88 Å². The van der Waals surface area contributed by atoms with Gasteiger partial charge in [-0.05, 0) is 26.3 Å². The predicted molar refractivity (Wildman–Crippen MR) is 76.3 cm³/mol. The van der Waals surface area contributed by atoms with Crippen molar-refractivity contribution < 1.29 is 17.9 Å². The summed E-state index contributed by atoms with van der Waals surface area (Å²) in [6, 6.07) is 0. The molecule has 1 N–H and O–H groups in total. The molecule has 3 nitrogen and oxygen atoms in total. The van der Waals surface area contributed by atoms with Crippen LogP contribution in [-0.4, -0.2) is 18.1 Å². The van der Waals surface area contributed by atoms with Crippen molar-refractivity contribution in [3.63, 3.8) is 0 Å². The van der Waals surface area contributed by atoms with Crippen LogP contribution in [0, 0.1) is 0 Å². The topological polar surface area (TPSA) is 34.1 Å². The van der Waals surface area contributed by atoms with E-state index in [1.54, 1.807) is 0 Å². The van der Waals surface area contributed by atoms with Crippen LogP contribution >= 0.6 is 11.3 Å². The largest absolute Gasteiger partial charge is 0.434 e.